The highest BCUT2D eigenvalue weighted by atomic mass is 16.6. The smallest absolute Gasteiger partial charge is 0.339 e. The Morgan fingerprint density at radius 3 is 2.50 bits per heavy atom. The van der Waals surface area contributed by atoms with E-state index >= 15 is 0 Å². The van der Waals surface area contributed by atoms with Gasteiger partial charge in [-0.05, 0) is 62.1 Å². The summed E-state index contributed by atoms with van der Waals surface area (Å²) in [6.07, 6.45) is 5.92. The van der Waals surface area contributed by atoms with Crippen molar-refractivity contribution in [1.82, 2.24) is 5.32 Å². The predicted molar refractivity (Wildman–Crippen MR) is 106 cm³/mol. The van der Waals surface area contributed by atoms with Crippen LogP contribution in [0.1, 0.15) is 59.2 Å². The molecule has 2 aromatic carbocycles. The molecule has 1 saturated carbocycles. The lowest BCUT2D eigenvalue weighted by Crippen LogP contribution is -2.44. The van der Waals surface area contributed by atoms with Crippen LogP contribution in [0.5, 0.6) is 0 Å². The van der Waals surface area contributed by atoms with Crippen molar-refractivity contribution in [2.75, 3.05) is 0 Å². The second-order valence-electron chi connectivity index (χ2n) is 8.42. The first-order chi connectivity index (χ1) is 13.6. The summed E-state index contributed by atoms with van der Waals surface area (Å²) in [6.45, 7) is 0. The van der Waals surface area contributed by atoms with E-state index < -0.39 is 5.60 Å². The minimum absolute atomic E-state index is 0.00857. The first kappa shape index (κ1) is 17.5. The third-order valence-electron chi connectivity index (χ3n) is 6.78. The number of hydrogen-bond donors (Lipinski definition) is 1. The summed E-state index contributed by atoms with van der Waals surface area (Å²) in [4.78, 5) is 25.1. The van der Waals surface area contributed by atoms with Gasteiger partial charge in [-0.1, -0.05) is 42.5 Å². The Morgan fingerprint density at radius 2 is 1.68 bits per heavy atom. The second-order valence-corrected chi connectivity index (χ2v) is 8.42. The average Bonchev–Trinajstić information content (AvgIpc) is 3.00. The minimum Gasteiger partial charge on any atom is -0.451 e. The Labute approximate surface area is 165 Å². The van der Waals surface area contributed by atoms with Gasteiger partial charge in [0.15, 0.2) is 0 Å². The lowest BCUT2D eigenvalue weighted by Gasteiger charge is -2.36. The van der Waals surface area contributed by atoms with Crippen molar-refractivity contribution < 1.29 is 14.3 Å². The van der Waals surface area contributed by atoms with E-state index in [2.05, 4.69) is 29.6 Å². The molecule has 3 aliphatic rings. The lowest BCUT2D eigenvalue weighted by molar-refractivity contribution is -0.128. The highest BCUT2D eigenvalue weighted by Gasteiger charge is 2.48. The predicted octanol–water partition coefficient (Wildman–Crippen LogP) is 3.92. The van der Waals surface area contributed by atoms with Crippen molar-refractivity contribution in [1.29, 1.82) is 0 Å². The number of carbonyl (C=O) groups excluding carboxylic acids is 2. The second kappa shape index (κ2) is 6.77. The minimum atomic E-state index is -0.520. The molecule has 5 rings (SSSR count). The fourth-order valence-electron chi connectivity index (χ4n) is 5.20. The van der Waals surface area contributed by atoms with Gasteiger partial charge in [0.1, 0.15) is 5.60 Å². The molecule has 0 saturated heterocycles. The Bertz CT molecular complexity index is 927. The molecule has 2 aliphatic carbocycles. The van der Waals surface area contributed by atoms with Crippen LogP contribution in [-0.4, -0.2) is 17.9 Å². The van der Waals surface area contributed by atoms with E-state index in [0.717, 1.165) is 50.5 Å². The van der Waals surface area contributed by atoms with Crippen molar-refractivity contribution in [2.45, 2.75) is 56.6 Å². The summed E-state index contributed by atoms with van der Waals surface area (Å²) in [5.74, 6) is -0.0505. The van der Waals surface area contributed by atoms with Crippen LogP contribution >= 0.6 is 0 Å². The Hall–Kier alpha value is -2.62. The van der Waals surface area contributed by atoms with Crippen LogP contribution in [0.4, 0.5) is 0 Å². The van der Waals surface area contributed by atoms with Gasteiger partial charge >= 0.3 is 5.97 Å². The van der Waals surface area contributed by atoms with Gasteiger partial charge in [0.05, 0.1) is 5.56 Å². The van der Waals surface area contributed by atoms with Crippen molar-refractivity contribution in [3.05, 3.63) is 70.8 Å². The molecule has 4 nitrogen and oxygen atoms in total. The van der Waals surface area contributed by atoms with Gasteiger partial charge in [-0.2, -0.15) is 0 Å². The topological polar surface area (TPSA) is 55.4 Å². The SMILES string of the molecule is O=C1O[C@]2(CC[C@H](C(=O)NC3CCc4ccccc4C3)CC2)c2ccccc21. The molecule has 1 N–H and O–H groups in total. The standard InChI is InChI=1S/C24H25NO3/c26-22(25-19-10-9-16-5-1-2-6-18(16)15-19)17-11-13-24(14-12-17)21-8-4-3-7-20(21)23(27)28-24/h1-8,17,19H,9-15H2,(H,25,26)/t17-,19?,24-. The van der Waals surface area contributed by atoms with E-state index in [1.165, 1.54) is 11.1 Å². The molecule has 1 spiro atoms. The van der Waals surface area contributed by atoms with Gasteiger partial charge in [0, 0.05) is 17.5 Å². The molecule has 1 atom stereocenters. The third kappa shape index (κ3) is 2.92. The van der Waals surface area contributed by atoms with E-state index in [1.54, 1.807) is 0 Å². The van der Waals surface area contributed by atoms with Crippen LogP contribution < -0.4 is 5.32 Å². The largest absolute Gasteiger partial charge is 0.451 e. The molecule has 1 aliphatic heterocycles. The summed E-state index contributed by atoms with van der Waals surface area (Å²) in [5.41, 5.74) is 3.94. The van der Waals surface area contributed by atoms with Crippen LogP contribution in [0.15, 0.2) is 48.5 Å². The van der Waals surface area contributed by atoms with Crippen molar-refractivity contribution >= 4 is 11.9 Å². The molecule has 144 valence electrons. The fourth-order valence-corrected chi connectivity index (χ4v) is 5.20. The zero-order chi connectivity index (χ0) is 19.1. The molecule has 4 heteroatoms. The highest BCUT2D eigenvalue weighted by molar-refractivity contribution is 5.94. The maximum absolute atomic E-state index is 12.9. The lowest BCUT2D eigenvalue weighted by atomic mass is 9.74. The molecule has 2 aromatic rings. The van der Waals surface area contributed by atoms with Crippen molar-refractivity contribution in [2.24, 2.45) is 5.92 Å². The van der Waals surface area contributed by atoms with Crippen LogP contribution in [-0.2, 0) is 28.0 Å². The van der Waals surface area contributed by atoms with E-state index in [0.29, 0.717) is 5.56 Å². The van der Waals surface area contributed by atoms with Gasteiger partial charge in [0.25, 0.3) is 0 Å². The summed E-state index contributed by atoms with van der Waals surface area (Å²) in [7, 11) is 0. The molecule has 1 unspecified atom stereocenters. The van der Waals surface area contributed by atoms with Gasteiger partial charge < -0.3 is 10.1 Å². The number of nitrogens with one attached hydrogen (secondary N) is 1. The monoisotopic (exact) mass is 375 g/mol. The molecule has 0 bridgehead atoms. The van der Waals surface area contributed by atoms with Crippen LogP contribution in [0.3, 0.4) is 0 Å². The zero-order valence-corrected chi connectivity index (χ0v) is 15.9. The van der Waals surface area contributed by atoms with Crippen LogP contribution in [0, 0.1) is 5.92 Å². The number of benzene rings is 2. The number of fused-ring (bicyclic) bond motifs is 3. The fraction of sp³-hybridized carbons (Fsp3) is 0.417. The van der Waals surface area contributed by atoms with E-state index in [-0.39, 0.29) is 23.8 Å². The summed E-state index contributed by atoms with van der Waals surface area (Å²) >= 11 is 0. The molecule has 0 radical (unpaired) electrons. The number of ether oxygens (including phenoxy) is 1. The van der Waals surface area contributed by atoms with E-state index in [4.69, 9.17) is 4.74 Å². The van der Waals surface area contributed by atoms with Crippen LogP contribution in [0.25, 0.3) is 0 Å². The van der Waals surface area contributed by atoms with Crippen molar-refractivity contribution in [3.8, 4) is 0 Å². The quantitative estimate of drug-likeness (QED) is 0.810. The zero-order valence-electron chi connectivity index (χ0n) is 15.9. The molecular formula is C24H25NO3. The normalized spacial score (nSPS) is 28.4. The Morgan fingerprint density at radius 1 is 0.964 bits per heavy atom. The van der Waals surface area contributed by atoms with E-state index in [9.17, 15) is 9.59 Å². The first-order valence-corrected chi connectivity index (χ1v) is 10.3. The molecule has 0 aromatic heterocycles. The highest BCUT2D eigenvalue weighted by Crippen LogP contribution is 2.48. The van der Waals surface area contributed by atoms with Gasteiger partial charge in [-0.3, -0.25) is 4.79 Å². The van der Waals surface area contributed by atoms with Crippen LogP contribution in [0.2, 0.25) is 0 Å². The first-order valence-electron chi connectivity index (χ1n) is 10.3. The maximum Gasteiger partial charge on any atom is 0.339 e. The third-order valence-corrected chi connectivity index (χ3v) is 6.78. The summed E-state index contributed by atoms with van der Waals surface area (Å²) in [5, 5.41) is 3.29. The molecule has 1 fully saturated rings. The maximum atomic E-state index is 12.9. The molecule has 28 heavy (non-hydrogen) atoms. The van der Waals surface area contributed by atoms with Crippen molar-refractivity contribution in [3.63, 3.8) is 0 Å². The number of hydrogen-bond acceptors (Lipinski definition) is 3. The van der Waals surface area contributed by atoms with Gasteiger partial charge in [0.2, 0.25) is 5.91 Å². The van der Waals surface area contributed by atoms with Gasteiger partial charge in [-0.25, -0.2) is 4.79 Å². The Kier molecular flexibility index (Phi) is 4.22. The average molecular weight is 375 g/mol. The van der Waals surface area contributed by atoms with Gasteiger partial charge in [-0.15, -0.1) is 0 Å². The number of esters is 1. The number of rotatable bonds is 2. The molecule has 1 heterocycles. The number of aryl methyl sites for hydroxylation is 1. The van der Waals surface area contributed by atoms with E-state index in [1.807, 2.05) is 24.3 Å². The Balaban J connectivity index is 1.22. The molecule has 1 amide bonds. The molecular weight excluding hydrogens is 350 g/mol. The summed E-state index contributed by atoms with van der Waals surface area (Å²) in [6, 6.07) is 16.4. The number of carbonyl (C=O) groups is 2. The summed E-state index contributed by atoms with van der Waals surface area (Å²) < 4.78 is 5.81. The number of amides is 1.